The number of likely N-dealkylation sites (tertiary alicyclic amines) is 1. The first-order chi connectivity index (χ1) is 23.4. The highest BCUT2D eigenvalue weighted by molar-refractivity contribution is 5.78. The molecule has 2 amide bonds. The molecule has 4 aromatic rings. The molecule has 4 bridgehead atoms. The number of benzene rings is 3. The summed E-state index contributed by atoms with van der Waals surface area (Å²) in [7, 11) is 4.79. The Kier molecular flexibility index (Phi) is 10.3. The minimum atomic E-state index is -0.341. The molecule has 3 aliphatic heterocycles. The van der Waals surface area contributed by atoms with Crippen LogP contribution in [0.25, 0.3) is 11.3 Å². The molecule has 3 aromatic carbocycles. The Balaban J connectivity index is 1.24. The number of aromatic nitrogens is 2. The molecule has 0 saturated carbocycles. The number of hydrogen-bond donors (Lipinski definition) is 3. The molecule has 0 radical (unpaired) electrons. The molecule has 48 heavy (non-hydrogen) atoms. The van der Waals surface area contributed by atoms with E-state index < -0.39 is 0 Å². The van der Waals surface area contributed by atoms with Gasteiger partial charge in [-0.1, -0.05) is 6.07 Å². The number of H-pyrrole nitrogens is 1. The van der Waals surface area contributed by atoms with Gasteiger partial charge in [-0.15, -0.1) is 0 Å². The Morgan fingerprint density at radius 2 is 1.75 bits per heavy atom. The maximum Gasteiger partial charge on any atom is 0.258 e. The third kappa shape index (κ3) is 7.83. The summed E-state index contributed by atoms with van der Waals surface area (Å²) in [6.45, 7) is 2.03. The fraction of sp³-hybridized carbons (Fsp3) is 0.361. The summed E-state index contributed by atoms with van der Waals surface area (Å²) < 4.78 is 28.9. The van der Waals surface area contributed by atoms with Gasteiger partial charge in [0, 0.05) is 55.4 Å². The number of amides is 2. The van der Waals surface area contributed by atoms with Gasteiger partial charge in [0.2, 0.25) is 5.91 Å². The highest BCUT2D eigenvalue weighted by Crippen LogP contribution is 2.31. The van der Waals surface area contributed by atoms with E-state index in [4.69, 9.17) is 23.7 Å². The van der Waals surface area contributed by atoms with E-state index in [9.17, 15) is 9.59 Å². The molecule has 252 valence electrons. The number of ether oxygens (including phenoxy) is 5. The zero-order valence-corrected chi connectivity index (χ0v) is 27.4. The minimum Gasteiger partial charge on any atom is -0.497 e. The van der Waals surface area contributed by atoms with Crippen LogP contribution in [0.2, 0.25) is 0 Å². The lowest BCUT2D eigenvalue weighted by Gasteiger charge is -2.39. The van der Waals surface area contributed by atoms with Gasteiger partial charge in [-0.3, -0.25) is 19.6 Å². The second-order valence-corrected chi connectivity index (χ2v) is 11.9. The molecule has 1 saturated heterocycles. The van der Waals surface area contributed by atoms with Gasteiger partial charge in [0.15, 0.2) is 18.1 Å². The maximum atomic E-state index is 13.4. The molecule has 3 aliphatic rings. The average Bonchev–Trinajstić information content (AvgIpc) is 3.57. The van der Waals surface area contributed by atoms with E-state index in [-0.39, 0.29) is 37.0 Å². The van der Waals surface area contributed by atoms with Crippen molar-refractivity contribution in [2.45, 2.75) is 44.5 Å². The first-order valence-corrected chi connectivity index (χ1v) is 16.0. The smallest absolute Gasteiger partial charge is 0.258 e. The summed E-state index contributed by atoms with van der Waals surface area (Å²) in [5.74, 6) is 2.59. The SMILES string of the molecule is COc1ccc(-c2[nH]ncc2CN2CC[C@@H]3Oc4ccc(c(OC)c4)CNC(=O)CCc4ccc(OC)c(c4)OCC(=O)N[C@@H]3C2)cc1. The Morgan fingerprint density at radius 1 is 0.917 bits per heavy atom. The number of aromatic amines is 1. The largest absolute Gasteiger partial charge is 0.497 e. The van der Waals surface area contributed by atoms with Gasteiger partial charge >= 0.3 is 0 Å². The second kappa shape index (κ2) is 15.1. The topological polar surface area (TPSA) is 136 Å². The molecule has 4 heterocycles. The predicted molar refractivity (Wildman–Crippen MR) is 178 cm³/mol. The molecular formula is C36H41N5O7. The molecule has 12 heteroatoms. The lowest BCUT2D eigenvalue weighted by molar-refractivity contribution is -0.125. The van der Waals surface area contributed by atoms with Gasteiger partial charge in [-0.2, -0.15) is 5.10 Å². The third-order valence-corrected chi connectivity index (χ3v) is 8.72. The van der Waals surface area contributed by atoms with E-state index in [1.165, 1.54) is 0 Å². The van der Waals surface area contributed by atoms with Gasteiger partial charge in [-0.05, 0) is 66.9 Å². The van der Waals surface area contributed by atoms with Crippen molar-refractivity contribution in [3.05, 3.63) is 83.6 Å². The molecule has 0 spiro atoms. The molecule has 3 N–H and O–H groups in total. The van der Waals surface area contributed by atoms with Crippen molar-refractivity contribution in [1.29, 1.82) is 0 Å². The Labute approximate surface area is 279 Å². The van der Waals surface area contributed by atoms with E-state index in [1.807, 2.05) is 60.8 Å². The van der Waals surface area contributed by atoms with Crippen molar-refractivity contribution < 1.29 is 33.3 Å². The fourth-order valence-electron chi connectivity index (χ4n) is 6.14. The number of nitrogens with zero attached hydrogens (tertiary/aromatic N) is 2. The van der Waals surface area contributed by atoms with Crippen LogP contribution in [0, 0.1) is 0 Å². The number of carbonyl (C=O) groups is 2. The number of piperidine rings is 1. The molecule has 1 aromatic heterocycles. The van der Waals surface area contributed by atoms with Crippen LogP contribution in [0.1, 0.15) is 29.5 Å². The van der Waals surface area contributed by atoms with E-state index in [1.54, 1.807) is 27.4 Å². The average molecular weight is 656 g/mol. The van der Waals surface area contributed by atoms with Gasteiger partial charge in [0.25, 0.3) is 5.91 Å². The third-order valence-electron chi connectivity index (χ3n) is 8.72. The Hall–Kier alpha value is -5.23. The van der Waals surface area contributed by atoms with Crippen molar-refractivity contribution in [3.63, 3.8) is 0 Å². The summed E-state index contributed by atoms with van der Waals surface area (Å²) >= 11 is 0. The van der Waals surface area contributed by atoms with Crippen LogP contribution in [0.3, 0.4) is 0 Å². The van der Waals surface area contributed by atoms with Crippen LogP contribution in [-0.2, 0) is 29.1 Å². The molecule has 0 aliphatic carbocycles. The normalized spacial score (nSPS) is 18.9. The number of rotatable bonds is 6. The van der Waals surface area contributed by atoms with Crippen LogP contribution >= 0.6 is 0 Å². The van der Waals surface area contributed by atoms with Crippen molar-refractivity contribution in [1.82, 2.24) is 25.7 Å². The van der Waals surface area contributed by atoms with Crippen LogP contribution in [0.4, 0.5) is 0 Å². The highest BCUT2D eigenvalue weighted by Gasteiger charge is 2.33. The molecule has 1 fully saturated rings. The number of methoxy groups -OCH3 is 3. The first-order valence-electron chi connectivity index (χ1n) is 16.0. The van der Waals surface area contributed by atoms with Crippen LogP contribution in [-0.4, -0.2) is 80.1 Å². The van der Waals surface area contributed by atoms with Crippen molar-refractivity contribution in [2.75, 3.05) is 41.0 Å². The lowest BCUT2D eigenvalue weighted by atomic mass is 10.00. The van der Waals surface area contributed by atoms with Crippen LogP contribution < -0.4 is 34.3 Å². The van der Waals surface area contributed by atoms with E-state index in [2.05, 4.69) is 25.7 Å². The summed E-state index contributed by atoms with van der Waals surface area (Å²) in [5, 5.41) is 13.6. The van der Waals surface area contributed by atoms with Gasteiger partial charge in [-0.25, -0.2) is 0 Å². The Morgan fingerprint density at radius 3 is 2.54 bits per heavy atom. The maximum absolute atomic E-state index is 13.4. The summed E-state index contributed by atoms with van der Waals surface area (Å²) in [5.41, 5.74) is 4.73. The standard InChI is InChI=1S/C36H41N5O7/c1-44-27-9-6-24(7-10-27)36-26(19-38-40-36)20-41-15-14-30-29(21-41)39-35(43)22-47-33-16-23(4-12-31(33)45-2)5-13-34(42)37-18-25-8-11-28(48-30)17-32(25)46-3/h4,6-12,16-17,19,29-30H,5,13-15,18,20-22H2,1-3H3,(H,37,42)(H,38,40)(H,39,43)/t29-,30+/m1/s1. The highest BCUT2D eigenvalue weighted by atomic mass is 16.5. The number of aryl methyl sites for hydroxylation is 1. The fourth-order valence-corrected chi connectivity index (χ4v) is 6.14. The number of hydrogen-bond acceptors (Lipinski definition) is 9. The van der Waals surface area contributed by atoms with Crippen molar-refractivity contribution in [2.24, 2.45) is 0 Å². The van der Waals surface area contributed by atoms with Crippen LogP contribution in [0.5, 0.6) is 28.7 Å². The first kappa shape index (κ1) is 32.7. The van der Waals surface area contributed by atoms with Crippen LogP contribution in [0.15, 0.2) is 66.9 Å². The molecular weight excluding hydrogens is 614 g/mol. The monoisotopic (exact) mass is 655 g/mol. The summed E-state index contributed by atoms with van der Waals surface area (Å²) in [6, 6.07) is 18.6. The zero-order chi connectivity index (χ0) is 33.5. The van der Waals surface area contributed by atoms with Crippen molar-refractivity contribution >= 4 is 11.8 Å². The number of fused-ring (bicyclic) bond motifs is 9. The van der Waals surface area contributed by atoms with E-state index in [0.29, 0.717) is 55.5 Å². The summed E-state index contributed by atoms with van der Waals surface area (Å²) in [4.78, 5) is 28.4. The predicted octanol–water partition coefficient (Wildman–Crippen LogP) is 3.88. The van der Waals surface area contributed by atoms with Gasteiger partial charge in [0.1, 0.15) is 23.4 Å². The van der Waals surface area contributed by atoms with Gasteiger partial charge in [0.05, 0.1) is 39.3 Å². The van der Waals surface area contributed by atoms with Crippen molar-refractivity contribution in [3.8, 4) is 40.0 Å². The number of carbonyl (C=O) groups excluding carboxylic acids is 2. The molecule has 2 atom stereocenters. The zero-order valence-electron chi connectivity index (χ0n) is 27.4. The van der Waals surface area contributed by atoms with Gasteiger partial charge < -0.3 is 34.3 Å². The Bertz CT molecular complexity index is 1720. The quantitative estimate of drug-likeness (QED) is 0.283. The second-order valence-electron chi connectivity index (χ2n) is 11.9. The van der Waals surface area contributed by atoms with E-state index in [0.717, 1.165) is 40.2 Å². The molecule has 12 nitrogen and oxygen atoms in total. The molecule has 0 unspecified atom stereocenters. The molecule has 7 rings (SSSR count). The summed E-state index contributed by atoms with van der Waals surface area (Å²) in [6.07, 6.45) is 2.98. The lowest BCUT2D eigenvalue weighted by Crippen LogP contribution is -2.57. The van der Waals surface area contributed by atoms with E-state index >= 15 is 0 Å². The minimum absolute atomic E-state index is 0.0888. The number of nitrogens with one attached hydrogen (secondary N) is 3.